The first kappa shape index (κ1) is 20.7. The molecule has 1 aromatic rings. The Labute approximate surface area is 158 Å². The van der Waals surface area contributed by atoms with E-state index in [2.05, 4.69) is 22.9 Å². The van der Waals surface area contributed by atoms with Gasteiger partial charge in [0.25, 0.3) is 5.91 Å². The fourth-order valence-corrected chi connectivity index (χ4v) is 3.11. The van der Waals surface area contributed by atoms with Gasteiger partial charge in [-0.3, -0.25) is 10.1 Å². The number of anilines is 1. The summed E-state index contributed by atoms with van der Waals surface area (Å²) in [5, 5.41) is 16.8. The number of hydrogen-bond donors (Lipinski definition) is 4. The number of amides is 3. The monoisotopic (exact) mass is 377 g/mol. The highest BCUT2D eigenvalue weighted by Gasteiger charge is 2.23. The standard InChI is InChI=1S/C19H27N3O5/c1-13-6-2-4-8-15(13)21-19(26)22-17(24)12-27-18(25)14-7-3-5-9-16(14)20-10-11-23/h3,5,7,9,13,15,20,23H,2,4,6,8,10-12H2,1H3,(H2,21,22,24,26)/t13-,15-/m0/s1. The number of nitrogens with one attached hydrogen (secondary N) is 3. The highest BCUT2D eigenvalue weighted by atomic mass is 16.5. The number of imide groups is 1. The molecule has 2 atom stereocenters. The molecule has 0 aromatic heterocycles. The van der Waals surface area contributed by atoms with Crippen LogP contribution >= 0.6 is 0 Å². The van der Waals surface area contributed by atoms with Gasteiger partial charge in [-0.2, -0.15) is 0 Å². The van der Waals surface area contributed by atoms with Gasteiger partial charge >= 0.3 is 12.0 Å². The number of carbonyl (C=O) groups is 3. The molecule has 2 rings (SSSR count). The third-order valence-electron chi connectivity index (χ3n) is 4.59. The second kappa shape index (κ2) is 10.5. The summed E-state index contributed by atoms with van der Waals surface area (Å²) in [4.78, 5) is 36.0. The molecule has 0 aliphatic heterocycles. The van der Waals surface area contributed by atoms with E-state index < -0.39 is 24.5 Å². The fourth-order valence-electron chi connectivity index (χ4n) is 3.11. The Morgan fingerprint density at radius 1 is 1.19 bits per heavy atom. The summed E-state index contributed by atoms with van der Waals surface area (Å²) in [5.74, 6) is -1.00. The van der Waals surface area contributed by atoms with Crippen LogP contribution < -0.4 is 16.0 Å². The second-order valence-electron chi connectivity index (χ2n) is 6.66. The smallest absolute Gasteiger partial charge is 0.340 e. The van der Waals surface area contributed by atoms with E-state index in [0.717, 1.165) is 25.7 Å². The van der Waals surface area contributed by atoms with Crippen LogP contribution in [0.5, 0.6) is 0 Å². The lowest BCUT2D eigenvalue weighted by molar-refractivity contribution is -0.123. The molecular weight excluding hydrogens is 350 g/mol. The summed E-state index contributed by atoms with van der Waals surface area (Å²) < 4.78 is 4.99. The zero-order valence-electron chi connectivity index (χ0n) is 15.5. The fraction of sp³-hybridized carbons (Fsp3) is 0.526. The van der Waals surface area contributed by atoms with E-state index in [1.165, 1.54) is 0 Å². The maximum Gasteiger partial charge on any atom is 0.340 e. The number of ether oxygens (including phenoxy) is 1. The highest BCUT2D eigenvalue weighted by Crippen LogP contribution is 2.23. The van der Waals surface area contributed by atoms with E-state index in [0.29, 0.717) is 11.6 Å². The minimum absolute atomic E-state index is 0.0542. The van der Waals surface area contributed by atoms with E-state index >= 15 is 0 Å². The third kappa shape index (κ3) is 6.56. The normalized spacial score (nSPS) is 19.0. The Balaban J connectivity index is 1.79. The van der Waals surface area contributed by atoms with Crippen molar-refractivity contribution in [1.82, 2.24) is 10.6 Å². The lowest BCUT2D eigenvalue weighted by Crippen LogP contribution is -2.48. The molecule has 0 saturated heterocycles. The molecule has 1 fully saturated rings. The van der Waals surface area contributed by atoms with E-state index in [-0.39, 0.29) is 24.8 Å². The van der Waals surface area contributed by atoms with Crippen LogP contribution in [0.4, 0.5) is 10.5 Å². The molecule has 148 valence electrons. The minimum atomic E-state index is -0.690. The average molecular weight is 377 g/mol. The van der Waals surface area contributed by atoms with Gasteiger partial charge < -0.3 is 20.5 Å². The molecule has 0 radical (unpaired) electrons. The lowest BCUT2D eigenvalue weighted by atomic mass is 9.86. The average Bonchev–Trinajstić information content (AvgIpc) is 2.66. The van der Waals surface area contributed by atoms with Crippen LogP contribution in [0.25, 0.3) is 0 Å². The van der Waals surface area contributed by atoms with Crippen molar-refractivity contribution >= 4 is 23.6 Å². The predicted molar refractivity (Wildman–Crippen MR) is 100 cm³/mol. The van der Waals surface area contributed by atoms with Crippen molar-refractivity contribution in [3.63, 3.8) is 0 Å². The number of carbonyl (C=O) groups excluding carboxylic acids is 3. The first-order valence-electron chi connectivity index (χ1n) is 9.22. The minimum Gasteiger partial charge on any atom is -0.452 e. The van der Waals surface area contributed by atoms with Crippen molar-refractivity contribution in [3.05, 3.63) is 29.8 Å². The van der Waals surface area contributed by atoms with Crippen LogP contribution in [0.1, 0.15) is 43.0 Å². The van der Waals surface area contributed by atoms with Gasteiger partial charge in [0.05, 0.1) is 12.2 Å². The van der Waals surface area contributed by atoms with Gasteiger partial charge in [-0.05, 0) is 30.9 Å². The third-order valence-corrected chi connectivity index (χ3v) is 4.59. The van der Waals surface area contributed by atoms with Gasteiger partial charge in [0.15, 0.2) is 6.61 Å². The first-order valence-corrected chi connectivity index (χ1v) is 9.22. The van der Waals surface area contributed by atoms with Crippen molar-refractivity contribution < 1.29 is 24.2 Å². The van der Waals surface area contributed by atoms with Crippen molar-refractivity contribution in [2.75, 3.05) is 25.1 Å². The molecule has 1 aliphatic rings. The van der Waals surface area contributed by atoms with Crippen molar-refractivity contribution in [1.29, 1.82) is 0 Å². The van der Waals surface area contributed by atoms with Crippen molar-refractivity contribution in [3.8, 4) is 0 Å². The van der Waals surface area contributed by atoms with Crippen LogP contribution in [0, 0.1) is 5.92 Å². The summed E-state index contributed by atoms with van der Waals surface area (Å²) in [6.45, 7) is 1.72. The molecule has 0 unspecified atom stereocenters. The van der Waals surface area contributed by atoms with Gasteiger partial charge in [0.2, 0.25) is 0 Å². The number of rotatable bonds is 7. The van der Waals surface area contributed by atoms with Crippen molar-refractivity contribution in [2.45, 2.75) is 38.6 Å². The Hall–Kier alpha value is -2.61. The van der Waals surface area contributed by atoms with E-state index in [4.69, 9.17) is 9.84 Å². The molecule has 3 amide bonds. The quantitative estimate of drug-likeness (QED) is 0.537. The maximum absolute atomic E-state index is 12.2. The molecule has 27 heavy (non-hydrogen) atoms. The van der Waals surface area contributed by atoms with Gasteiger partial charge in [0.1, 0.15) is 0 Å². The second-order valence-corrected chi connectivity index (χ2v) is 6.66. The van der Waals surface area contributed by atoms with Gasteiger partial charge in [-0.15, -0.1) is 0 Å². The van der Waals surface area contributed by atoms with E-state index in [9.17, 15) is 14.4 Å². The number of urea groups is 1. The van der Waals surface area contributed by atoms with Crippen molar-refractivity contribution in [2.24, 2.45) is 5.92 Å². The van der Waals surface area contributed by atoms with Gasteiger partial charge in [0, 0.05) is 18.3 Å². The molecule has 0 spiro atoms. The summed E-state index contributed by atoms with van der Waals surface area (Å²) in [7, 11) is 0. The van der Waals surface area contributed by atoms with Gasteiger partial charge in [-0.1, -0.05) is 31.9 Å². The van der Waals surface area contributed by atoms with Crippen LogP contribution in [-0.4, -0.2) is 48.8 Å². The number of benzene rings is 1. The highest BCUT2D eigenvalue weighted by molar-refractivity contribution is 5.99. The Bertz CT molecular complexity index is 665. The number of para-hydroxylation sites is 1. The van der Waals surface area contributed by atoms with Crippen LogP contribution in [0.15, 0.2) is 24.3 Å². The van der Waals surface area contributed by atoms with E-state index in [1.54, 1.807) is 24.3 Å². The number of aliphatic hydroxyl groups is 1. The molecule has 0 bridgehead atoms. The van der Waals surface area contributed by atoms with Crippen LogP contribution in [0.3, 0.4) is 0 Å². The molecular formula is C19H27N3O5. The maximum atomic E-state index is 12.2. The number of hydrogen-bond acceptors (Lipinski definition) is 6. The molecule has 0 heterocycles. The molecule has 8 nitrogen and oxygen atoms in total. The summed E-state index contributed by atoms with van der Waals surface area (Å²) in [5.41, 5.74) is 0.750. The first-order chi connectivity index (χ1) is 13.0. The van der Waals surface area contributed by atoms with Crippen LogP contribution in [-0.2, 0) is 9.53 Å². The zero-order chi connectivity index (χ0) is 19.6. The number of aliphatic hydroxyl groups excluding tert-OH is 1. The summed E-state index contributed by atoms with van der Waals surface area (Å²) >= 11 is 0. The topological polar surface area (TPSA) is 117 Å². The largest absolute Gasteiger partial charge is 0.452 e. The SMILES string of the molecule is C[C@H]1CCCC[C@@H]1NC(=O)NC(=O)COC(=O)c1ccccc1NCCO. The Morgan fingerprint density at radius 2 is 1.93 bits per heavy atom. The Morgan fingerprint density at radius 3 is 2.67 bits per heavy atom. The summed E-state index contributed by atoms with van der Waals surface area (Å²) in [6.07, 6.45) is 4.17. The van der Waals surface area contributed by atoms with Crippen LogP contribution in [0.2, 0.25) is 0 Å². The Kier molecular flexibility index (Phi) is 8.06. The molecule has 8 heteroatoms. The summed E-state index contributed by atoms with van der Waals surface area (Å²) in [6, 6.07) is 6.11. The molecule has 4 N–H and O–H groups in total. The zero-order valence-corrected chi connectivity index (χ0v) is 15.5. The predicted octanol–water partition coefficient (Wildman–Crippen LogP) is 1.65. The lowest BCUT2D eigenvalue weighted by Gasteiger charge is -2.29. The van der Waals surface area contributed by atoms with E-state index in [1.807, 2.05) is 0 Å². The molecule has 1 aromatic carbocycles. The molecule has 1 saturated carbocycles. The van der Waals surface area contributed by atoms with Gasteiger partial charge in [-0.25, -0.2) is 9.59 Å². The molecule has 1 aliphatic carbocycles. The number of esters is 1.